The zero-order valence-corrected chi connectivity index (χ0v) is 7.70. The summed E-state index contributed by atoms with van der Waals surface area (Å²) in [6, 6.07) is 2.00. The van der Waals surface area contributed by atoms with Crippen LogP contribution in [-0.4, -0.2) is 15.2 Å². The summed E-state index contributed by atoms with van der Waals surface area (Å²) in [6.45, 7) is 4.08. The number of aromatic amines is 1. The summed E-state index contributed by atoms with van der Waals surface area (Å²) >= 11 is 0. The molecule has 2 rings (SSSR count). The summed E-state index contributed by atoms with van der Waals surface area (Å²) in [7, 11) is 0. The van der Waals surface area contributed by atoms with E-state index in [9.17, 15) is 0 Å². The van der Waals surface area contributed by atoms with Gasteiger partial charge in [-0.25, -0.2) is 0 Å². The van der Waals surface area contributed by atoms with Gasteiger partial charge in [0, 0.05) is 18.0 Å². The van der Waals surface area contributed by atoms with Crippen LogP contribution in [0, 0.1) is 13.8 Å². The van der Waals surface area contributed by atoms with Crippen molar-refractivity contribution in [2.24, 2.45) is 0 Å². The number of aryl methyl sites for hydroxylation is 2. The Labute approximate surface area is 76.8 Å². The van der Waals surface area contributed by atoms with Crippen molar-refractivity contribution in [2.75, 3.05) is 0 Å². The van der Waals surface area contributed by atoms with Gasteiger partial charge in [-0.05, 0) is 31.0 Å². The minimum absolute atomic E-state index is 1.08. The highest BCUT2D eigenvalue weighted by molar-refractivity contribution is 5.65. The van der Waals surface area contributed by atoms with Gasteiger partial charge in [-0.1, -0.05) is 0 Å². The van der Waals surface area contributed by atoms with Gasteiger partial charge in [0.05, 0.1) is 11.9 Å². The molecule has 0 saturated heterocycles. The summed E-state index contributed by atoms with van der Waals surface area (Å²) in [5, 5.41) is 6.98. The minimum atomic E-state index is 1.08. The second-order valence-corrected chi connectivity index (χ2v) is 3.12. The summed E-state index contributed by atoms with van der Waals surface area (Å²) in [5.74, 6) is 0. The first kappa shape index (κ1) is 7.98. The molecule has 0 radical (unpaired) electrons. The summed E-state index contributed by atoms with van der Waals surface area (Å²) in [6.07, 6.45) is 5.48. The van der Waals surface area contributed by atoms with Gasteiger partial charge >= 0.3 is 0 Å². The molecule has 0 aromatic carbocycles. The first-order chi connectivity index (χ1) is 6.29. The third kappa shape index (κ3) is 1.33. The molecule has 2 heterocycles. The highest BCUT2D eigenvalue weighted by atomic mass is 15.1. The Morgan fingerprint density at radius 2 is 2.00 bits per heavy atom. The molecule has 0 saturated carbocycles. The fraction of sp³-hybridized carbons (Fsp3) is 0.200. The van der Waals surface area contributed by atoms with Crippen LogP contribution < -0.4 is 0 Å². The lowest BCUT2D eigenvalue weighted by molar-refractivity contribution is 1.09. The van der Waals surface area contributed by atoms with Crippen LogP contribution in [0.15, 0.2) is 24.7 Å². The van der Waals surface area contributed by atoms with Gasteiger partial charge in [0.2, 0.25) is 0 Å². The molecule has 0 fully saturated rings. The van der Waals surface area contributed by atoms with Crippen molar-refractivity contribution in [2.45, 2.75) is 13.8 Å². The molecule has 0 spiro atoms. The second-order valence-electron chi connectivity index (χ2n) is 3.12. The fourth-order valence-corrected chi connectivity index (χ4v) is 1.37. The molecule has 3 heteroatoms. The maximum atomic E-state index is 4.05. The normalized spacial score (nSPS) is 10.3. The number of hydrogen-bond acceptors (Lipinski definition) is 2. The van der Waals surface area contributed by atoms with Gasteiger partial charge in [0.25, 0.3) is 0 Å². The van der Waals surface area contributed by atoms with Crippen LogP contribution in [0.3, 0.4) is 0 Å². The molecule has 13 heavy (non-hydrogen) atoms. The van der Waals surface area contributed by atoms with E-state index in [-0.39, 0.29) is 0 Å². The SMILES string of the molecule is Cc1cnccc1-c1[nH]ncc1C. The Morgan fingerprint density at radius 1 is 1.15 bits per heavy atom. The van der Waals surface area contributed by atoms with E-state index >= 15 is 0 Å². The standard InChI is InChI=1S/C10H11N3/c1-7-5-11-4-3-9(7)10-8(2)6-12-13-10/h3-6H,1-2H3,(H,12,13). The van der Waals surface area contributed by atoms with Crippen molar-refractivity contribution >= 4 is 0 Å². The number of H-pyrrole nitrogens is 1. The minimum Gasteiger partial charge on any atom is -0.278 e. The van der Waals surface area contributed by atoms with Crippen molar-refractivity contribution in [3.63, 3.8) is 0 Å². The largest absolute Gasteiger partial charge is 0.278 e. The quantitative estimate of drug-likeness (QED) is 0.717. The van der Waals surface area contributed by atoms with Gasteiger partial charge < -0.3 is 0 Å². The van der Waals surface area contributed by atoms with Gasteiger partial charge in [0.1, 0.15) is 0 Å². The second kappa shape index (κ2) is 3.01. The number of nitrogens with zero attached hydrogens (tertiary/aromatic N) is 2. The van der Waals surface area contributed by atoms with Crippen LogP contribution in [0.1, 0.15) is 11.1 Å². The van der Waals surface area contributed by atoms with E-state index in [2.05, 4.69) is 15.2 Å². The maximum Gasteiger partial charge on any atom is 0.0683 e. The van der Waals surface area contributed by atoms with E-state index in [0.29, 0.717) is 0 Å². The molecule has 0 aliphatic carbocycles. The molecule has 0 amide bonds. The molecule has 0 unspecified atom stereocenters. The molecule has 0 atom stereocenters. The van der Waals surface area contributed by atoms with Crippen LogP contribution >= 0.6 is 0 Å². The highest BCUT2D eigenvalue weighted by Gasteiger charge is 2.05. The van der Waals surface area contributed by atoms with Crippen LogP contribution in [0.4, 0.5) is 0 Å². The summed E-state index contributed by atoms with van der Waals surface area (Å²) in [4.78, 5) is 4.05. The summed E-state index contributed by atoms with van der Waals surface area (Å²) in [5.41, 5.74) is 4.58. The first-order valence-electron chi connectivity index (χ1n) is 4.20. The number of nitrogens with one attached hydrogen (secondary N) is 1. The van der Waals surface area contributed by atoms with Crippen molar-refractivity contribution in [3.05, 3.63) is 35.8 Å². The molecule has 2 aromatic rings. The molecule has 0 aliphatic rings. The number of hydrogen-bond donors (Lipinski definition) is 1. The molecular formula is C10H11N3. The average Bonchev–Trinajstić information content (AvgIpc) is 2.52. The molecule has 1 N–H and O–H groups in total. The smallest absolute Gasteiger partial charge is 0.0683 e. The van der Waals surface area contributed by atoms with Crippen molar-refractivity contribution in [1.29, 1.82) is 0 Å². The van der Waals surface area contributed by atoms with E-state index in [1.807, 2.05) is 32.3 Å². The summed E-state index contributed by atoms with van der Waals surface area (Å²) < 4.78 is 0. The Balaban J connectivity index is 2.59. The third-order valence-electron chi connectivity index (χ3n) is 2.12. The van der Waals surface area contributed by atoms with E-state index in [1.165, 1.54) is 5.56 Å². The van der Waals surface area contributed by atoms with Crippen LogP contribution in [-0.2, 0) is 0 Å². The Hall–Kier alpha value is -1.64. The van der Waals surface area contributed by atoms with Crippen molar-refractivity contribution in [3.8, 4) is 11.3 Å². The van der Waals surface area contributed by atoms with Gasteiger partial charge in [-0.3, -0.25) is 10.1 Å². The van der Waals surface area contributed by atoms with Gasteiger partial charge in [-0.15, -0.1) is 0 Å². The molecule has 0 aliphatic heterocycles. The Kier molecular flexibility index (Phi) is 1.85. The number of pyridine rings is 1. The van der Waals surface area contributed by atoms with Crippen LogP contribution in [0.2, 0.25) is 0 Å². The Morgan fingerprint density at radius 3 is 2.62 bits per heavy atom. The zero-order chi connectivity index (χ0) is 9.26. The van der Waals surface area contributed by atoms with E-state index in [0.717, 1.165) is 16.8 Å². The van der Waals surface area contributed by atoms with Gasteiger partial charge in [0.15, 0.2) is 0 Å². The van der Waals surface area contributed by atoms with Gasteiger partial charge in [-0.2, -0.15) is 5.10 Å². The lowest BCUT2D eigenvalue weighted by Gasteiger charge is -2.02. The molecular weight excluding hydrogens is 162 g/mol. The predicted molar refractivity (Wildman–Crippen MR) is 51.3 cm³/mol. The first-order valence-corrected chi connectivity index (χ1v) is 4.20. The molecule has 2 aromatic heterocycles. The monoisotopic (exact) mass is 173 g/mol. The lowest BCUT2D eigenvalue weighted by Crippen LogP contribution is -1.86. The third-order valence-corrected chi connectivity index (χ3v) is 2.12. The molecule has 3 nitrogen and oxygen atoms in total. The average molecular weight is 173 g/mol. The highest BCUT2D eigenvalue weighted by Crippen LogP contribution is 2.22. The van der Waals surface area contributed by atoms with Crippen LogP contribution in [0.5, 0.6) is 0 Å². The number of rotatable bonds is 1. The van der Waals surface area contributed by atoms with Crippen molar-refractivity contribution in [1.82, 2.24) is 15.2 Å². The maximum absolute atomic E-state index is 4.05. The molecule has 0 bridgehead atoms. The molecule has 66 valence electrons. The van der Waals surface area contributed by atoms with E-state index in [1.54, 1.807) is 6.20 Å². The van der Waals surface area contributed by atoms with Crippen molar-refractivity contribution < 1.29 is 0 Å². The zero-order valence-electron chi connectivity index (χ0n) is 7.70. The van der Waals surface area contributed by atoms with E-state index in [4.69, 9.17) is 0 Å². The fourth-order valence-electron chi connectivity index (χ4n) is 1.37. The number of aromatic nitrogens is 3. The Bertz CT molecular complexity index is 418. The lowest BCUT2D eigenvalue weighted by atomic mass is 10.1. The predicted octanol–water partition coefficient (Wildman–Crippen LogP) is 2.09. The van der Waals surface area contributed by atoms with E-state index < -0.39 is 0 Å². The van der Waals surface area contributed by atoms with Crippen LogP contribution in [0.25, 0.3) is 11.3 Å². The topological polar surface area (TPSA) is 41.6 Å².